The zero-order chi connectivity index (χ0) is 17.9. The Hall–Kier alpha value is -2.26. The monoisotopic (exact) mass is 359 g/mol. The van der Waals surface area contributed by atoms with Crippen molar-refractivity contribution in [2.75, 3.05) is 32.7 Å². The van der Waals surface area contributed by atoms with E-state index in [1.54, 1.807) is 6.92 Å². The van der Waals surface area contributed by atoms with Crippen molar-refractivity contribution in [2.45, 2.75) is 39.4 Å². The minimum Gasteiger partial charge on any atom is -0.340 e. The van der Waals surface area contributed by atoms with Crippen molar-refractivity contribution in [3.8, 4) is 0 Å². The van der Waals surface area contributed by atoms with Crippen LogP contribution >= 0.6 is 0 Å². The number of nitrogens with one attached hydrogen (secondary N) is 1. The third-order valence-electron chi connectivity index (χ3n) is 4.98. The number of hydrogen-bond donors (Lipinski definition) is 1. The second-order valence-corrected chi connectivity index (χ2v) is 6.91. The van der Waals surface area contributed by atoms with Crippen LogP contribution in [0.1, 0.15) is 29.5 Å². The van der Waals surface area contributed by atoms with Gasteiger partial charge in [-0.1, -0.05) is 5.16 Å². The van der Waals surface area contributed by atoms with Gasteiger partial charge in [-0.3, -0.25) is 14.4 Å². The van der Waals surface area contributed by atoms with Crippen LogP contribution in [0.2, 0.25) is 0 Å². The molecule has 0 aliphatic carbocycles. The molecule has 140 valence electrons. The van der Waals surface area contributed by atoms with Crippen molar-refractivity contribution < 1.29 is 9.32 Å². The Balaban J connectivity index is 1.22. The minimum atomic E-state index is 0.212. The molecule has 9 heteroatoms. The Labute approximate surface area is 152 Å². The predicted molar refractivity (Wildman–Crippen MR) is 93.1 cm³/mol. The highest BCUT2D eigenvalue weighted by molar-refractivity contribution is 5.76. The highest BCUT2D eigenvalue weighted by Gasteiger charge is 2.22. The van der Waals surface area contributed by atoms with E-state index in [0.29, 0.717) is 31.1 Å². The molecule has 0 atom stereocenters. The second-order valence-electron chi connectivity index (χ2n) is 6.91. The molecule has 1 N–H and O–H groups in total. The van der Waals surface area contributed by atoms with E-state index >= 15 is 0 Å². The summed E-state index contributed by atoms with van der Waals surface area (Å²) < 4.78 is 7.06. The molecule has 0 spiro atoms. The first-order valence-corrected chi connectivity index (χ1v) is 9.23. The fourth-order valence-electron chi connectivity index (χ4n) is 3.53. The first-order chi connectivity index (χ1) is 12.7. The maximum Gasteiger partial charge on any atom is 0.223 e. The van der Waals surface area contributed by atoms with Crippen molar-refractivity contribution in [1.29, 1.82) is 0 Å². The topological polar surface area (TPSA) is 92.3 Å². The number of amides is 1. The van der Waals surface area contributed by atoms with Gasteiger partial charge < -0.3 is 14.7 Å². The van der Waals surface area contributed by atoms with Crippen molar-refractivity contribution in [1.82, 2.24) is 35.0 Å². The number of aryl methyl sites for hydroxylation is 2. The zero-order valence-electron chi connectivity index (χ0n) is 15.1. The summed E-state index contributed by atoms with van der Waals surface area (Å²) >= 11 is 0. The zero-order valence-corrected chi connectivity index (χ0v) is 15.1. The van der Waals surface area contributed by atoms with E-state index in [1.807, 2.05) is 4.90 Å². The van der Waals surface area contributed by atoms with Crippen LogP contribution in [0.15, 0.2) is 10.6 Å². The highest BCUT2D eigenvalue weighted by atomic mass is 16.5. The van der Waals surface area contributed by atoms with Gasteiger partial charge in [0.1, 0.15) is 0 Å². The largest absolute Gasteiger partial charge is 0.340 e. The molecule has 0 radical (unpaired) electrons. The summed E-state index contributed by atoms with van der Waals surface area (Å²) in [6.07, 6.45) is 1.23. The number of carbonyl (C=O) groups is 1. The van der Waals surface area contributed by atoms with E-state index in [1.165, 1.54) is 5.69 Å². The average molecular weight is 359 g/mol. The third kappa shape index (κ3) is 3.94. The minimum absolute atomic E-state index is 0.212. The number of piperazine rings is 1. The molecule has 2 aliphatic rings. The van der Waals surface area contributed by atoms with Crippen LogP contribution in [0.3, 0.4) is 0 Å². The van der Waals surface area contributed by atoms with Gasteiger partial charge in [0.15, 0.2) is 5.82 Å². The van der Waals surface area contributed by atoms with Crippen LogP contribution in [0.4, 0.5) is 0 Å². The standard InChI is InChI=1S/C17H25N7O2/c1-13-19-16(21-26-13)12-22-6-8-23(9-7-22)17(25)3-2-14-10-15-11-18-4-5-24(15)20-14/h10,18H,2-9,11-12H2,1H3. The summed E-state index contributed by atoms with van der Waals surface area (Å²) in [4.78, 5) is 20.9. The van der Waals surface area contributed by atoms with E-state index in [9.17, 15) is 4.79 Å². The molecule has 1 amide bonds. The van der Waals surface area contributed by atoms with Gasteiger partial charge in [0.2, 0.25) is 11.8 Å². The molecule has 9 nitrogen and oxygen atoms in total. The van der Waals surface area contributed by atoms with E-state index < -0.39 is 0 Å². The summed E-state index contributed by atoms with van der Waals surface area (Å²) in [5.74, 6) is 1.51. The molecule has 26 heavy (non-hydrogen) atoms. The lowest BCUT2D eigenvalue weighted by Crippen LogP contribution is -2.48. The van der Waals surface area contributed by atoms with Gasteiger partial charge in [-0.2, -0.15) is 10.1 Å². The van der Waals surface area contributed by atoms with E-state index in [4.69, 9.17) is 4.52 Å². The first-order valence-electron chi connectivity index (χ1n) is 9.23. The molecule has 4 rings (SSSR count). The Bertz CT molecular complexity index is 738. The van der Waals surface area contributed by atoms with Crippen molar-refractivity contribution in [2.24, 2.45) is 0 Å². The van der Waals surface area contributed by atoms with Crippen LogP contribution < -0.4 is 5.32 Å². The molecule has 1 saturated heterocycles. The molecule has 4 heterocycles. The van der Waals surface area contributed by atoms with Gasteiger partial charge in [0.05, 0.1) is 24.5 Å². The van der Waals surface area contributed by atoms with E-state index in [-0.39, 0.29) is 5.91 Å². The molecular formula is C17H25N7O2. The molecule has 2 aromatic heterocycles. The Morgan fingerprint density at radius 3 is 2.85 bits per heavy atom. The smallest absolute Gasteiger partial charge is 0.223 e. The van der Waals surface area contributed by atoms with E-state index in [0.717, 1.165) is 51.5 Å². The van der Waals surface area contributed by atoms with Crippen LogP contribution in [0, 0.1) is 6.92 Å². The lowest BCUT2D eigenvalue weighted by Gasteiger charge is -2.34. The fraction of sp³-hybridized carbons (Fsp3) is 0.647. The van der Waals surface area contributed by atoms with Gasteiger partial charge in [0.25, 0.3) is 0 Å². The molecule has 2 aromatic rings. The van der Waals surface area contributed by atoms with Crippen LogP contribution in [-0.4, -0.2) is 68.4 Å². The quantitative estimate of drug-likeness (QED) is 0.800. The summed E-state index contributed by atoms with van der Waals surface area (Å²) in [5.41, 5.74) is 2.23. The lowest BCUT2D eigenvalue weighted by molar-refractivity contribution is -0.133. The molecule has 0 aromatic carbocycles. The second kappa shape index (κ2) is 7.55. The van der Waals surface area contributed by atoms with Gasteiger partial charge >= 0.3 is 0 Å². The normalized spacial score (nSPS) is 18.1. The maximum absolute atomic E-state index is 12.5. The Morgan fingerprint density at radius 2 is 2.12 bits per heavy atom. The van der Waals surface area contributed by atoms with Crippen molar-refractivity contribution in [3.05, 3.63) is 29.2 Å². The number of nitrogens with zero attached hydrogens (tertiary/aromatic N) is 6. The molecule has 1 fully saturated rings. The van der Waals surface area contributed by atoms with E-state index in [2.05, 4.69) is 36.2 Å². The van der Waals surface area contributed by atoms with Crippen LogP contribution in [0.25, 0.3) is 0 Å². The predicted octanol–water partition coefficient (Wildman–Crippen LogP) is -0.0453. The van der Waals surface area contributed by atoms with Crippen molar-refractivity contribution in [3.63, 3.8) is 0 Å². The van der Waals surface area contributed by atoms with Gasteiger partial charge in [0, 0.05) is 59.0 Å². The van der Waals surface area contributed by atoms with Gasteiger partial charge in [-0.15, -0.1) is 0 Å². The fourth-order valence-corrected chi connectivity index (χ4v) is 3.53. The maximum atomic E-state index is 12.5. The molecule has 0 saturated carbocycles. The Morgan fingerprint density at radius 1 is 1.27 bits per heavy atom. The number of hydrogen-bond acceptors (Lipinski definition) is 7. The summed E-state index contributed by atoms with van der Waals surface area (Å²) in [6, 6.07) is 2.12. The lowest BCUT2D eigenvalue weighted by atomic mass is 10.2. The number of carbonyl (C=O) groups excluding carboxylic acids is 1. The number of fused-ring (bicyclic) bond motifs is 1. The summed E-state index contributed by atoms with van der Waals surface area (Å²) in [7, 11) is 0. The van der Waals surface area contributed by atoms with Gasteiger partial charge in [-0.25, -0.2) is 0 Å². The van der Waals surface area contributed by atoms with Crippen LogP contribution in [-0.2, 0) is 30.8 Å². The molecule has 0 bridgehead atoms. The van der Waals surface area contributed by atoms with Crippen molar-refractivity contribution >= 4 is 5.91 Å². The van der Waals surface area contributed by atoms with Gasteiger partial charge in [-0.05, 0) is 6.07 Å². The number of aromatic nitrogens is 4. The third-order valence-corrected chi connectivity index (χ3v) is 4.98. The SMILES string of the molecule is Cc1nc(CN2CCN(C(=O)CCc3cc4n(n3)CCNC4)CC2)no1. The average Bonchev–Trinajstić information content (AvgIpc) is 3.25. The molecular weight excluding hydrogens is 334 g/mol. The summed E-state index contributed by atoms with van der Waals surface area (Å²) in [5, 5.41) is 11.9. The molecule has 0 unspecified atom stereocenters. The van der Waals surface area contributed by atoms with Crippen LogP contribution in [0.5, 0.6) is 0 Å². The number of rotatable bonds is 5. The summed E-state index contributed by atoms with van der Waals surface area (Å²) in [6.45, 7) is 8.37. The first kappa shape index (κ1) is 17.2. The highest BCUT2D eigenvalue weighted by Crippen LogP contribution is 2.12. The Kier molecular flexibility index (Phi) is 4.98. The molecule has 2 aliphatic heterocycles.